The normalized spacial score (nSPS) is 24.7. The first-order valence-corrected chi connectivity index (χ1v) is 8.31. The molecule has 23 heavy (non-hydrogen) atoms. The maximum atomic E-state index is 12.1. The summed E-state index contributed by atoms with van der Waals surface area (Å²) >= 11 is 0. The quantitative estimate of drug-likeness (QED) is 0.485. The molecule has 2 aliphatic rings. The van der Waals surface area contributed by atoms with E-state index in [1.54, 1.807) is 0 Å². The highest BCUT2D eigenvalue weighted by Crippen LogP contribution is 2.31. The summed E-state index contributed by atoms with van der Waals surface area (Å²) in [4.78, 5) is 24.8. The molecule has 0 N–H and O–H groups in total. The van der Waals surface area contributed by atoms with E-state index in [0.29, 0.717) is 24.1 Å². The summed E-state index contributed by atoms with van der Waals surface area (Å²) in [6.07, 6.45) is 5.99. The average Bonchev–Trinajstić information content (AvgIpc) is 2.59. The molecule has 2 fully saturated rings. The summed E-state index contributed by atoms with van der Waals surface area (Å²) in [5.41, 5.74) is 0.346. The minimum atomic E-state index is -0.477. The molecular formula is C17H22N2O4. The van der Waals surface area contributed by atoms with Crippen LogP contribution in [0.15, 0.2) is 24.3 Å². The Kier molecular flexibility index (Phi) is 4.91. The number of nitro benzene ring substituents is 1. The molecule has 0 saturated carbocycles. The smallest absolute Gasteiger partial charge is 0.338 e. The first-order valence-electron chi connectivity index (χ1n) is 8.31. The molecular weight excluding hydrogens is 296 g/mol. The molecule has 1 aromatic rings. The highest BCUT2D eigenvalue weighted by molar-refractivity contribution is 5.89. The van der Waals surface area contributed by atoms with Crippen molar-refractivity contribution in [3.05, 3.63) is 39.9 Å². The Labute approximate surface area is 135 Å². The molecule has 2 atom stereocenters. The predicted octanol–water partition coefficient (Wildman–Crippen LogP) is 3.02. The molecule has 2 aliphatic heterocycles. The van der Waals surface area contributed by atoms with Gasteiger partial charge in [0.25, 0.3) is 5.69 Å². The lowest BCUT2D eigenvalue weighted by Crippen LogP contribution is -2.49. The topological polar surface area (TPSA) is 72.7 Å². The molecule has 6 heteroatoms. The van der Waals surface area contributed by atoms with Gasteiger partial charge in [0.1, 0.15) is 0 Å². The van der Waals surface area contributed by atoms with E-state index >= 15 is 0 Å². The first kappa shape index (κ1) is 15.9. The van der Waals surface area contributed by atoms with Gasteiger partial charge in [0.05, 0.1) is 17.1 Å². The number of carbonyl (C=O) groups is 1. The predicted molar refractivity (Wildman–Crippen MR) is 85.3 cm³/mol. The fourth-order valence-corrected chi connectivity index (χ4v) is 3.76. The molecule has 2 saturated heterocycles. The van der Waals surface area contributed by atoms with Gasteiger partial charge in [-0.15, -0.1) is 0 Å². The first-order chi connectivity index (χ1) is 11.1. The number of rotatable bonds is 4. The number of hydrogen-bond donors (Lipinski definition) is 0. The number of ether oxygens (including phenoxy) is 1. The number of piperidine rings is 2. The molecule has 2 heterocycles. The van der Waals surface area contributed by atoms with Crippen molar-refractivity contribution in [1.29, 1.82) is 0 Å². The average molecular weight is 318 g/mol. The van der Waals surface area contributed by atoms with E-state index in [1.807, 2.05) is 0 Å². The van der Waals surface area contributed by atoms with Crippen molar-refractivity contribution in [1.82, 2.24) is 4.90 Å². The van der Waals surface area contributed by atoms with Crippen LogP contribution in [0.2, 0.25) is 0 Å². The van der Waals surface area contributed by atoms with Gasteiger partial charge in [0, 0.05) is 24.1 Å². The van der Waals surface area contributed by atoms with Crippen LogP contribution < -0.4 is 0 Å². The van der Waals surface area contributed by atoms with Gasteiger partial charge in [-0.25, -0.2) is 4.79 Å². The van der Waals surface area contributed by atoms with Crippen molar-refractivity contribution >= 4 is 11.7 Å². The maximum Gasteiger partial charge on any atom is 0.338 e. The standard InChI is InChI=1S/C17H22N2O4/c20-17(13-6-8-15(9-7-13)19(21)22)23-12-14-4-3-11-18-10-2-1-5-16(14)18/h6-9,14,16H,1-5,10-12H2. The van der Waals surface area contributed by atoms with Gasteiger partial charge in [0.15, 0.2) is 0 Å². The van der Waals surface area contributed by atoms with E-state index < -0.39 is 10.9 Å². The van der Waals surface area contributed by atoms with Crippen molar-refractivity contribution in [2.24, 2.45) is 5.92 Å². The SMILES string of the molecule is O=C(OCC1CCCN2CCCCC12)c1ccc([N+](=O)[O-])cc1. The highest BCUT2D eigenvalue weighted by Gasteiger charge is 2.33. The summed E-state index contributed by atoms with van der Waals surface area (Å²) in [6, 6.07) is 6.12. The Bertz CT molecular complexity index is 570. The van der Waals surface area contributed by atoms with Gasteiger partial charge in [-0.05, 0) is 50.9 Å². The van der Waals surface area contributed by atoms with Crippen LogP contribution in [0.1, 0.15) is 42.5 Å². The third-order valence-corrected chi connectivity index (χ3v) is 4.97. The van der Waals surface area contributed by atoms with Crippen LogP contribution in [0.3, 0.4) is 0 Å². The lowest BCUT2D eigenvalue weighted by molar-refractivity contribution is -0.384. The van der Waals surface area contributed by atoms with Crippen LogP contribution in [0.4, 0.5) is 5.69 Å². The van der Waals surface area contributed by atoms with Gasteiger partial charge < -0.3 is 4.74 Å². The number of nitro groups is 1. The lowest BCUT2D eigenvalue weighted by Gasteiger charge is -2.44. The van der Waals surface area contributed by atoms with Crippen molar-refractivity contribution in [3.8, 4) is 0 Å². The third kappa shape index (κ3) is 3.69. The summed E-state index contributed by atoms with van der Waals surface area (Å²) in [5.74, 6) is 0.0129. The van der Waals surface area contributed by atoms with Crippen molar-refractivity contribution in [2.45, 2.75) is 38.1 Å². The molecule has 0 amide bonds. The third-order valence-electron chi connectivity index (χ3n) is 4.97. The Morgan fingerprint density at radius 1 is 1.17 bits per heavy atom. The second-order valence-electron chi connectivity index (χ2n) is 6.40. The van der Waals surface area contributed by atoms with Crippen LogP contribution in [0, 0.1) is 16.0 Å². The van der Waals surface area contributed by atoms with Crippen LogP contribution in [-0.2, 0) is 4.74 Å². The largest absolute Gasteiger partial charge is 0.462 e. The van der Waals surface area contributed by atoms with Gasteiger partial charge in [-0.3, -0.25) is 15.0 Å². The zero-order chi connectivity index (χ0) is 16.2. The van der Waals surface area contributed by atoms with Gasteiger partial charge in [-0.1, -0.05) is 6.42 Å². The highest BCUT2D eigenvalue weighted by atomic mass is 16.6. The van der Waals surface area contributed by atoms with Crippen LogP contribution >= 0.6 is 0 Å². The molecule has 0 aromatic heterocycles. The number of hydrogen-bond acceptors (Lipinski definition) is 5. The Hall–Kier alpha value is -1.95. The van der Waals surface area contributed by atoms with E-state index in [4.69, 9.17) is 4.74 Å². The van der Waals surface area contributed by atoms with E-state index in [2.05, 4.69) is 4.90 Å². The molecule has 3 rings (SSSR count). The van der Waals surface area contributed by atoms with E-state index in [1.165, 1.54) is 43.5 Å². The second kappa shape index (κ2) is 7.08. The Balaban J connectivity index is 1.56. The summed E-state index contributed by atoms with van der Waals surface area (Å²) < 4.78 is 5.48. The van der Waals surface area contributed by atoms with Gasteiger partial charge in [-0.2, -0.15) is 0 Å². The van der Waals surface area contributed by atoms with E-state index in [0.717, 1.165) is 25.9 Å². The van der Waals surface area contributed by atoms with Crippen LogP contribution in [0.5, 0.6) is 0 Å². The number of non-ortho nitro benzene ring substituents is 1. The van der Waals surface area contributed by atoms with Crippen molar-refractivity contribution < 1.29 is 14.5 Å². The monoisotopic (exact) mass is 318 g/mol. The molecule has 0 aliphatic carbocycles. The number of fused-ring (bicyclic) bond motifs is 1. The zero-order valence-electron chi connectivity index (χ0n) is 13.1. The molecule has 1 aromatic carbocycles. The van der Waals surface area contributed by atoms with Crippen molar-refractivity contribution in [2.75, 3.05) is 19.7 Å². The molecule has 124 valence electrons. The summed E-state index contributed by atoms with van der Waals surface area (Å²) in [5, 5.41) is 10.6. The molecule has 0 bridgehead atoms. The minimum absolute atomic E-state index is 0.0216. The Morgan fingerprint density at radius 2 is 1.91 bits per heavy atom. The summed E-state index contributed by atoms with van der Waals surface area (Å²) in [6.45, 7) is 2.77. The van der Waals surface area contributed by atoms with Crippen molar-refractivity contribution in [3.63, 3.8) is 0 Å². The number of benzene rings is 1. The van der Waals surface area contributed by atoms with E-state index in [9.17, 15) is 14.9 Å². The van der Waals surface area contributed by atoms with Crippen LogP contribution in [0.25, 0.3) is 0 Å². The maximum absolute atomic E-state index is 12.1. The fourth-order valence-electron chi connectivity index (χ4n) is 3.76. The number of esters is 1. The fraction of sp³-hybridized carbons (Fsp3) is 0.588. The van der Waals surface area contributed by atoms with Gasteiger partial charge in [0.2, 0.25) is 0 Å². The molecule has 0 spiro atoms. The molecule has 6 nitrogen and oxygen atoms in total. The molecule has 0 radical (unpaired) electrons. The Morgan fingerprint density at radius 3 is 2.65 bits per heavy atom. The second-order valence-corrected chi connectivity index (χ2v) is 6.40. The van der Waals surface area contributed by atoms with Crippen LogP contribution in [-0.4, -0.2) is 41.5 Å². The van der Waals surface area contributed by atoms with E-state index in [-0.39, 0.29) is 5.69 Å². The minimum Gasteiger partial charge on any atom is -0.462 e. The summed E-state index contributed by atoms with van der Waals surface area (Å²) in [7, 11) is 0. The number of nitrogens with zero attached hydrogens (tertiary/aromatic N) is 2. The lowest BCUT2D eigenvalue weighted by atomic mass is 9.84. The number of carbonyl (C=O) groups excluding carboxylic acids is 1. The molecule has 2 unspecified atom stereocenters. The zero-order valence-corrected chi connectivity index (χ0v) is 13.1. The van der Waals surface area contributed by atoms with Gasteiger partial charge >= 0.3 is 5.97 Å².